The van der Waals surface area contributed by atoms with Gasteiger partial charge in [0, 0.05) is 0 Å². The molecule has 0 fully saturated rings. The molecule has 2 N–H and O–H groups in total. The molecule has 0 radical (unpaired) electrons. The monoisotopic (exact) mass is 294 g/mol. The summed E-state index contributed by atoms with van der Waals surface area (Å²) in [6, 6.07) is 11.4. The Balaban J connectivity index is 1.96. The van der Waals surface area contributed by atoms with Crippen molar-refractivity contribution in [3.05, 3.63) is 58.1 Å². The van der Waals surface area contributed by atoms with Gasteiger partial charge in [0.15, 0.2) is 0 Å². The largest absolute Gasteiger partial charge is 0.472 e. The van der Waals surface area contributed by atoms with E-state index in [9.17, 15) is 0 Å². The summed E-state index contributed by atoms with van der Waals surface area (Å²) >= 11 is 11.7. The fraction of sp³-hybridized carbons (Fsp3) is 0.0714. The molecule has 0 aliphatic carbocycles. The highest BCUT2D eigenvalue weighted by Gasteiger charge is 2.07. The maximum Gasteiger partial charge on any atom is 0.234 e. The lowest BCUT2D eigenvalue weighted by molar-refractivity contribution is 0.350. The van der Waals surface area contributed by atoms with E-state index < -0.39 is 0 Å². The zero-order valence-electron chi connectivity index (χ0n) is 10.0. The minimum Gasteiger partial charge on any atom is -0.472 e. The number of pyridine rings is 1. The Labute approximate surface area is 121 Å². The summed E-state index contributed by atoms with van der Waals surface area (Å²) in [4.78, 5) is 3.97. The Kier molecular flexibility index (Phi) is 4.66. The number of anilines is 1. The van der Waals surface area contributed by atoms with Crippen LogP contribution in [0.15, 0.2) is 42.5 Å². The van der Waals surface area contributed by atoms with Crippen LogP contribution >= 0.6 is 23.2 Å². The highest BCUT2D eigenvalue weighted by Crippen LogP contribution is 2.28. The molecule has 1 aromatic carbocycles. The van der Waals surface area contributed by atoms with Crippen LogP contribution in [0.1, 0.15) is 5.56 Å². The molecule has 19 heavy (non-hydrogen) atoms. The van der Waals surface area contributed by atoms with Crippen LogP contribution in [0.5, 0.6) is 5.88 Å². The van der Waals surface area contributed by atoms with E-state index in [1.54, 1.807) is 0 Å². The summed E-state index contributed by atoms with van der Waals surface area (Å²) in [7, 11) is 0. The molecule has 0 bridgehead atoms. The average molecular weight is 295 g/mol. The molecule has 0 saturated heterocycles. The molecule has 98 valence electrons. The zero-order chi connectivity index (χ0) is 13.7. The van der Waals surface area contributed by atoms with Crippen molar-refractivity contribution in [1.29, 1.82) is 0 Å². The van der Waals surface area contributed by atoms with E-state index in [2.05, 4.69) is 4.98 Å². The molecule has 2 aromatic rings. The normalized spacial score (nSPS) is 10.8. The molecule has 0 unspecified atom stereocenters. The van der Waals surface area contributed by atoms with Crippen molar-refractivity contribution in [2.24, 2.45) is 0 Å². The van der Waals surface area contributed by atoms with Gasteiger partial charge in [-0.1, -0.05) is 59.6 Å². The molecule has 0 aliphatic rings. The number of nitrogens with zero attached hydrogens (tertiary/aromatic N) is 1. The second-order valence-corrected chi connectivity index (χ2v) is 4.58. The third-order valence-corrected chi connectivity index (χ3v) is 2.92. The van der Waals surface area contributed by atoms with Crippen LogP contribution in [-0.2, 0) is 0 Å². The van der Waals surface area contributed by atoms with Gasteiger partial charge in [-0.3, -0.25) is 0 Å². The first-order valence-corrected chi connectivity index (χ1v) is 6.38. The molecule has 2 rings (SSSR count). The predicted octanol–water partition coefficient (Wildman–Crippen LogP) is 4.06. The molecule has 0 spiro atoms. The highest BCUT2D eigenvalue weighted by atomic mass is 35.5. The fourth-order valence-electron chi connectivity index (χ4n) is 1.44. The number of aromatic nitrogens is 1. The Morgan fingerprint density at radius 2 is 1.89 bits per heavy atom. The van der Waals surface area contributed by atoms with Gasteiger partial charge in [0.2, 0.25) is 5.88 Å². The van der Waals surface area contributed by atoms with Gasteiger partial charge in [-0.05, 0) is 17.7 Å². The summed E-state index contributed by atoms with van der Waals surface area (Å²) in [6.07, 6.45) is 3.82. The molecule has 0 amide bonds. The van der Waals surface area contributed by atoms with Gasteiger partial charge in [0.1, 0.15) is 17.4 Å². The van der Waals surface area contributed by atoms with Gasteiger partial charge in [0.25, 0.3) is 0 Å². The number of nitrogen functional groups attached to an aromatic ring is 1. The van der Waals surface area contributed by atoms with E-state index in [4.69, 9.17) is 33.7 Å². The van der Waals surface area contributed by atoms with Gasteiger partial charge < -0.3 is 10.5 Å². The molecule has 0 saturated carbocycles. The maximum atomic E-state index is 5.95. The Morgan fingerprint density at radius 3 is 2.63 bits per heavy atom. The van der Waals surface area contributed by atoms with Crippen LogP contribution in [-0.4, -0.2) is 11.6 Å². The number of benzene rings is 1. The van der Waals surface area contributed by atoms with Crippen molar-refractivity contribution < 1.29 is 4.74 Å². The van der Waals surface area contributed by atoms with Crippen LogP contribution in [0.25, 0.3) is 6.08 Å². The molecular weight excluding hydrogens is 283 g/mol. The smallest absolute Gasteiger partial charge is 0.234 e. The second-order valence-electron chi connectivity index (χ2n) is 3.77. The van der Waals surface area contributed by atoms with Crippen LogP contribution in [0.2, 0.25) is 10.0 Å². The fourth-order valence-corrected chi connectivity index (χ4v) is 1.85. The molecule has 0 aliphatic heterocycles. The van der Waals surface area contributed by atoms with Gasteiger partial charge in [0.05, 0.1) is 5.02 Å². The average Bonchev–Trinajstić information content (AvgIpc) is 2.41. The summed E-state index contributed by atoms with van der Waals surface area (Å²) < 4.78 is 5.43. The van der Waals surface area contributed by atoms with Crippen molar-refractivity contribution in [3.8, 4) is 5.88 Å². The summed E-state index contributed by atoms with van der Waals surface area (Å²) in [5, 5.41) is 0.657. The lowest BCUT2D eigenvalue weighted by Crippen LogP contribution is -2.00. The topological polar surface area (TPSA) is 48.1 Å². The number of hydrogen-bond donors (Lipinski definition) is 1. The van der Waals surface area contributed by atoms with Crippen LogP contribution in [0.4, 0.5) is 5.82 Å². The molecule has 0 atom stereocenters. The van der Waals surface area contributed by atoms with Gasteiger partial charge in [-0.2, -0.15) is 4.98 Å². The number of nitrogens with two attached hydrogens (primary N) is 1. The first-order valence-electron chi connectivity index (χ1n) is 5.62. The number of rotatable bonds is 4. The first-order chi connectivity index (χ1) is 9.16. The SMILES string of the molecule is Nc1nc(OC/C=C/c2ccccc2)c(Cl)cc1Cl. The Bertz CT molecular complexity index is 585. The third kappa shape index (κ3) is 3.88. The Morgan fingerprint density at radius 1 is 1.16 bits per heavy atom. The summed E-state index contributed by atoms with van der Waals surface area (Å²) in [5.74, 6) is 0.481. The van der Waals surface area contributed by atoms with Crippen molar-refractivity contribution in [3.63, 3.8) is 0 Å². The van der Waals surface area contributed by atoms with Gasteiger partial charge >= 0.3 is 0 Å². The van der Waals surface area contributed by atoms with E-state index in [-0.39, 0.29) is 11.7 Å². The Hall–Kier alpha value is -1.71. The second kappa shape index (κ2) is 6.45. The molecule has 3 nitrogen and oxygen atoms in total. The summed E-state index contributed by atoms with van der Waals surface area (Å²) in [6.45, 7) is 0.350. The first kappa shape index (κ1) is 13.7. The van der Waals surface area contributed by atoms with Crippen molar-refractivity contribution >= 4 is 35.1 Å². The molecule has 1 heterocycles. The quantitative estimate of drug-likeness (QED) is 0.925. The van der Waals surface area contributed by atoms with E-state index in [0.29, 0.717) is 16.7 Å². The predicted molar refractivity (Wildman–Crippen MR) is 79.6 cm³/mol. The maximum absolute atomic E-state index is 5.95. The molecule has 1 aromatic heterocycles. The number of halogens is 2. The lowest BCUT2D eigenvalue weighted by Gasteiger charge is -2.06. The number of ether oxygens (including phenoxy) is 1. The van der Waals surface area contributed by atoms with Crippen molar-refractivity contribution in [1.82, 2.24) is 4.98 Å². The van der Waals surface area contributed by atoms with E-state index in [1.165, 1.54) is 6.07 Å². The van der Waals surface area contributed by atoms with Gasteiger partial charge in [-0.15, -0.1) is 0 Å². The highest BCUT2D eigenvalue weighted by molar-refractivity contribution is 6.36. The molecule has 5 heteroatoms. The van der Waals surface area contributed by atoms with Crippen molar-refractivity contribution in [2.45, 2.75) is 0 Å². The van der Waals surface area contributed by atoms with Crippen LogP contribution in [0.3, 0.4) is 0 Å². The van der Waals surface area contributed by atoms with E-state index in [0.717, 1.165) is 5.56 Å². The summed E-state index contributed by atoms with van der Waals surface area (Å²) in [5.41, 5.74) is 6.68. The third-order valence-electron chi connectivity index (χ3n) is 2.35. The minimum atomic E-state index is 0.202. The number of hydrogen-bond acceptors (Lipinski definition) is 3. The standard InChI is InChI=1S/C14H12Cl2N2O/c15-11-9-12(16)14(18-13(11)17)19-8-4-7-10-5-2-1-3-6-10/h1-7,9H,8H2,(H2,17,18)/b7-4+. The minimum absolute atomic E-state index is 0.202. The lowest BCUT2D eigenvalue weighted by atomic mass is 10.2. The van der Waals surface area contributed by atoms with Crippen LogP contribution < -0.4 is 10.5 Å². The molecular formula is C14H12Cl2N2O. The van der Waals surface area contributed by atoms with Gasteiger partial charge in [-0.25, -0.2) is 0 Å². The zero-order valence-corrected chi connectivity index (χ0v) is 11.5. The van der Waals surface area contributed by atoms with Crippen molar-refractivity contribution in [2.75, 3.05) is 12.3 Å². The van der Waals surface area contributed by atoms with Crippen LogP contribution in [0, 0.1) is 0 Å². The van der Waals surface area contributed by atoms with E-state index >= 15 is 0 Å². The van der Waals surface area contributed by atoms with E-state index in [1.807, 2.05) is 42.5 Å².